The zero-order chi connectivity index (χ0) is 13.8. The fourth-order valence-electron chi connectivity index (χ4n) is 1.77. The highest BCUT2D eigenvalue weighted by molar-refractivity contribution is 9.11. The van der Waals surface area contributed by atoms with Crippen molar-refractivity contribution in [3.8, 4) is 0 Å². The maximum atomic E-state index is 12.2. The zero-order valence-electron chi connectivity index (χ0n) is 10.8. The van der Waals surface area contributed by atoms with Crippen molar-refractivity contribution < 1.29 is 4.79 Å². The molecule has 0 radical (unpaired) electrons. The number of thiophene rings is 1. The Morgan fingerprint density at radius 3 is 2.74 bits per heavy atom. The van der Waals surface area contributed by atoms with Crippen LogP contribution in [0.1, 0.15) is 20.8 Å². The number of anilines is 1. The summed E-state index contributed by atoms with van der Waals surface area (Å²) in [4.78, 5) is 13.3. The van der Waals surface area contributed by atoms with Gasteiger partial charge in [-0.1, -0.05) is 11.6 Å². The minimum Gasteiger partial charge on any atom is -0.387 e. The van der Waals surface area contributed by atoms with Crippen molar-refractivity contribution in [3.05, 3.63) is 50.1 Å². The molecule has 2 N–H and O–H groups in total. The van der Waals surface area contributed by atoms with E-state index in [4.69, 9.17) is 0 Å². The van der Waals surface area contributed by atoms with E-state index in [0.29, 0.717) is 12.1 Å². The second-order valence-electron chi connectivity index (χ2n) is 4.19. The number of amides is 1. The molecule has 1 aromatic heterocycles. The lowest BCUT2D eigenvalue weighted by Gasteiger charge is -2.10. The van der Waals surface area contributed by atoms with Crippen LogP contribution >= 0.6 is 27.3 Å². The van der Waals surface area contributed by atoms with Crippen molar-refractivity contribution in [3.63, 3.8) is 0 Å². The molecule has 0 aliphatic heterocycles. The van der Waals surface area contributed by atoms with Crippen LogP contribution in [-0.2, 0) is 6.54 Å². The van der Waals surface area contributed by atoms with Crippen molar-refractivity contribution in [2.24, 2.45) is 0 Å². The normalized spacial score (nSPS) is 10.3. The van der Waals surface area contributed by atoms with Crippen LogP contribution in [0, 0.1) is 6.92 Å². The van der Waals surface area contributed by atoms with Crippen LogP contribution in [0.3, 0.4) is 0 Å². The van der Waals surface area contributed by atoms with Crippen molar-refractivity contribution in [2.45, 2.75) is 13.5 Å². The van der Waals surface area contributed by atoms with Gasteiger partial charge < -0.3 is 10.6 Å². The molecule has 2 rings (SSSR count). The molecule has 3 nitrogen and oxygen atoms in total. The summed E-state index contributed by atoms with van der Waals surface area (Å²) in [5.41, 5.74) is 2.59. The van der Waals surface area contributed by atoms with Gasteiger partial charge in [0.2, 0.25) is 0 Å². The maximum absolute atomic E-state index is 12.2. The lowest BCUT2D eigenvalue weighted by atomic mass is 10.1. The van der Waals surface area contributed by atoms with E-state index in [0.717, 1.165) is 19.9 Å². The third-order valence-electron chi connectivity index (χ3n) is 2.74. The molecule has 0 aliphatic carbocycles. The van der Waals surface area contributed by atoms with Gasteiger partial charge >= 0.3 is 0 Å². The van der Waals surface area contributed by atoms with Crippen molar-refractivity contribution >= 4 is 38.9 Å². The number of carbonyl (C=O) groups is 1. The molecular weight excluding hydrogens is 324 g/mol. The molecule has 0 saturated heterocycles. The third-order valence-corrected chi connectivity index (χ3v) is 4.36. The quantitative estimate of drug-likeness (QED) is 0.890. The first-order valence-corrected chi connectivity index (χ1v) is 7.52. The molecule has 1 aromatic carbocycles. The number of benzene rings is 1. The first-order valence-electron chi connectivity index (χ1n) is 5.91. The van der Waals surface area contributed by atoms with Crippen LogP contribution in [0.4, 0.5) is 5.69 Å². The standard InChI is InChI=1S/C14H15BrN2OS/c1-9-3-5-12(16-2)11(7-9)14(18)17-8-10-4-6-13(15)19-10/h3-7,16H,8H2,1-2H3,(H,17,18). The van der Waals surface area contributed by atoms with Crippen molar-refractivity contribution in [1.29, 1.82) is 0 Å². The number of hydrogen-bond donors (Lipinski definition) is 2. The number of halogens is 1. The zero-order valence-corrected chi connectivity index (χ0v) is 13.2. The van der Waals surface area contributed by atoms with Crippen LogP contribution in [-0.4, -0.2) is 13.0 Å². The Hall–Kier alpha value is -1.33. The van der Waals surface area contributed by atoms with E-state index in [2.05, 4.69) is 26.6 Å². The van der Waals surface area contributed by atoms with E-state index in [9.17, 15) is 4.79 Å². The van der Waals surface area contributed by atoms with Gasteiger partial charge in [-0.25, -0.2) is 0 Å². The molecule has 0 spiro atoms. The molecule has 5 heteroatoms. The summed E-state index contributed by atoms with van der Waals surface area (Å²) in [5.74, 6) is -0.0578. The lowest BCUT2D eigenvalue weighted by Crippen LogP contribution is -2.23. The molecule has 100 valence electrons. The molecule has 19 heavy (non-hydrogen) atoms. The average molecular weight is 339 g/mol. The van der Waals surface area contributed by atoms with E-state index in [1.54, 1.807) is 11.3 Å². The first-order chi connectivity index (χ1) is 9.10. The van der Waals surface area contributed by atoms with Gasteiger partial charge in [-0.15, -0.1) is 11.3 Å². The SMILES string of the molecule is CNc1ccc(C)cc1C(=O)NCc1ccc(Br)s1. The van der Waals surface area contributed by atoms with Gasteiger partial charge in [0.1, 0.15) is 0 Å². The molecule has 0 fully saturated rings. The molecule has 0 aliphatic rings. The van der Waals surface area contributed by atoms with Crippen LogP contribution in [0.2, 0.25) is 0 Å². The summed E-state index contributed by atoms with van der Waals surface area (Å²) in [5, 5.41) is 5.98. The summed E-state index contributed by atoms with van der Waals surface area (Å²) in [7, 11) is 1.82. The number of nitrogens with one attached hydrogen (secondary N) is 2. The van der Waals surface area contributed by atoms with E-state index in [-0.39, 0.29) is 5.91 Å². The predicted molar refractivity (Wildman–Crippen MR) is 83.9 cm³/mol. The highest BCUT2D eigenvalue weighted by Gasteiger charge is 2.11. The van der Waals surface area contributed by atoms with Gasteiger partial charge in [-0.3, -0.25) is 4.79 Å². The summed E-state index contributed by atoms with van der Waals surface area (Å²) < 4.78 is 1.07. The number of rotatable bonds is 4. The van der Waals surface area contributed by atoms with Gasteiger partial charge in [-0.05, 0) is 47.1 Å². The Morgan fingerprint density at radius 2 is 2.11 bits per heavy atom. The first kappa shape index (κ1) is 14.1. The Kier molecular flexibility index (Phi) is 4.61. The maximum Gasteiger partial charge on any atom is 0.253 e. The van der Waals surface area contributed by atoms with Crippen LogP contribution in [0.5, 0.6) is 0 Å². The van der Waals surface area contributed by atoms with Gasteiger partial charge in [0.05, 0.1) is 15.9 Å². The smallest absolute Gasteiger partial charge is 0.253 e. The van der Waals surface area contributed by atoms with E-state index in [1.807, 2.05) is 44.3 Å². The molecule has 0 saturated carbocycles. The summed E-state index contributed by atoms with van der Waals surface area (Å²) in [6, 6.07) is 9.79. The molecule has 2 aromatic rings. The second kappa shape index (κ2) is 6.21. The molecular formula is C14H15BrN2OS. The Balaban J connectivity index is 2.09. The van der Waals surface area contributed by atoms with E-state index in [1.165, 1.54) is 0 Å². The highest BCUT2D eigenvalue weighted by atomic mass is 79.9. The molecule has 1 amide bonds. The number of carbonyl (C=O) groups excluding carboxylic acids is 1. The van der Waals surface area contributed by atoms with Gasteiger partial charge in [0.25, 0.3) is 5.91 Å². The van der Waals surface area contributed by atoms with Gasteiger partial charge in [0, 0.05) is 17.6 Å². The summed E-state index contributed by atoms with van der Waals surface area (Å²) in [6.45, 7) is 2.53. The Bertz CT molecular complexity index is 595. The molecule has 0 unspecified atom stereocenters. The largest absolute Gasteiger partial charge is 0.387 e. The average Bonchev–Trinajstić information content (AvgIpc) is 2.81. The minimum absolute atomic E-state index is 0.0578. The summed E-state index contributed by atoms with van der Waals surface area (Å²) in [6.07, 6.45) is 0. The molecule has 1 heterocycles. The van der Waals surface area contributed by atoms with E-state index < -0.39 is 0 Å². The van der Waals surface area contributed by atoms with Crippen LogP contribution in [0.15, 0.2) is 34.1 Å². The van der Waals surface area contributed by atoms with Crippen LogP contribution in [0.25, 0.3) is 0 Å². The topological polar surface area (TPSA) is 41.1 Å². The van der Waals surface area contributed by atoms with Crippen molar-refractivity contribution in [2.75, 3.05) is 12.4 Å². The number of aryl methyl sites for hydroxylation is 1. The Labute approximate surface area is 125 Å². The predicted octanol–water partition coefficient (Wildman–Crippen LogP) is 3.79. The summed E-state index contributed by atoms with van der Waals surface area (Å²) >= 11 is 5.04. The fraction of sp³-hybridized carbons (Fsp3) is 0.214. The monoisotopic (exact) mass is 338 g/mol. The van der Waals surface area contributed by atoms with Crippen molar-refractivity contribution in [1.82, 2.24) is 5.32 Å². The minimum atomic E-state index is -0.0578. The molecule has 0 bridgehead atoms. The fourth-order valence-corrected chi connectivity index (χ4v) is 3.20. The van der Waals surface area contributed by atoms with E-state index >= 15 is 0 Å². The molecule has 0 atom stereocenters. The Morgan fingerprint density at radius 1 is 1.32 bits per heavy atom. The lowest BCUT2D eigenvalue weighted by molar-refractivity contribution is 0.0952. The van der Waals surface area contributed by atoms with Gasteiger partial charge in [0.15, 0.2) is 0 Å². The second-order valence-corrected chi connectivity index (χ2v) is 6.74. The van der Waals surface area contributed by atoms with Crippen LogP contribution < -0.4 is 10.6 Å². The third kappa shape index (κ3) is 3.58. The van der Waals surface area contributed by atoms with Gasteiger partial charge in [-0.2, -0.15) is 0 Å². The number of hydrogen-bond acceptors (Lipinski definition) is 3. The highest BCUT2D eigenvalue weighted by Crippen LogP contribution is 2.22.